The van der Waals surface area contributed by atoms with Gasteiger partial charge in [-0.1, -0.05) is 64.7 Å². The first kappa shape index (κ1) is 20.7. The molecule has 0 spiro atoms. The summed E-state index contributed by atoms with van der Waals surface area (Å²) in [4.78, 5) is 10.6. The third-order valence-corrected chi connectivity index (χ3v) is 2.89. The van der Waals surface area contributed by atoms with Gasteiger partial charge in [-0.2, -0.15) is 0 Å². The maximum atomic E-state index is 10.6. The molecule has 1 radical (unpaired) electrons. The van der Waals surface area contributed by atoms with Gasteiger partial charge < -0.3 is 9.84 Å². The second-order valence-electron chi connectivity index (χ2n) is 4.56. The summed E-state index contributed by atoms with van der Waals surface area (Å²) in [7, 11) is 0. The minimum absolute atomic E-state index is 0. The Labute approximate surface area is 132 Å². The van der Waals surface area contributed by atoms with Gasteiger partial charge in [-0.25, -0.2) is 4.79 Å². The molecule has 3 nitrogen and oxygen atoms in total. The second-order valence-corrected chi connectivity index (χ2v) is 4.56. The molecule has 0 bridgehead atoms. The Morgan fingerprint density at radius 1 is 0.889 bits per heavy atom. The molecule has 0 atom stereocenters. The summed E-state index contributed by atoms with van der Waals surface area (Å²) >= 11 is 0. The van der Waals surface area contributed by atoms with E-state index >= 15 is 0 Å². The van der Waals surface area contributed by atoms with Gasteiger partial charge in [0.05, 0.1) is 6.61 Å². The van der Waals surface area contributed by atoms with E-state index in [1.54, 1.807) is 0 Å². The first-order valence-corrected chi connectivity index (χ1v) is 7.07. The molecule has 0 saturated carbocycles. The topological polar surface area (TPSA) is 46.5 Å². The fraction of sp³-hybridized carbons (Fsp3) is 0.929. The molecule has 0 saturated heterocycles. The van der Waals surface area contributed by atoms with Gasteiger partial charge in [0.1, 0.15) is 6.61 Å². The maximum Gasteiger partial charge on any atom is 0.331 e. The van der Waals surface area contributed by atoms with Crippen LogP contribution in [0.2, 0.25) is 0 Å². The van der Waals surface area contributed by atoms with Gasteiger partial charge in [-0.05, 0) is 6.42 Å². The van der Waals surface area contributed by atoms with Gasteiger partial charge in [-0.15, -0.1) is 0 Å². The molecule has 0 fully saturated rings. The van der Waals surface area contributed by atoms with Crippen molar-refractivity contribution in [3.8, 4) is 0 Å². The summed E-state index contributed by atoms with van der Waals surface area (Å²) in [6.45, 7) is 2.19. The van der Waals surface area contributed by atoms with Gasteiger partial charge in [-0.3, -0.25) is 0 Å². The molecule has 4 heteroatoms. The van der Waals surface area contributed by atoms with Crippen LogP contribution < -0.4 is 0 Å². The predicted octanol–water partition coefficient (Wildman–Crippen LogP) is 3.06. The van der Waals surface area contributed by atoms with E-state index in [1.807, 2.05) is 0 Å². The molecule has 0 aromatic carbocycles. The van der Waals surface area contributed by atoms with E-state index in [1.165, 1.54) is 51.4 Å². The average Bonchev–Trinajstić information content (AvgIpc) is 2.35. The smallest absolute Gasteiger partial charge is 0.331 e. The molecule has 0 aromatic rings. The Kier molecular flexibility index (Phi) is 19.9. The van der Waals surface area contributed by atoms with Gasteiger partial charge in [0.2, 0.25) is 0 Å². The van der Waals surface area contributed by atoms with E-state index in [0.29, 0.717) is 6.61 Å². The van der Waals surface area contributed by atoms with Crippen LogP contribution in [-0.4, -0.2) is 51.6 Å². The summed E-state index contributed by atoms with van der Waals surface area (Å²) in [5.74, 6) is -0.513. The Balaban J connectivity index is 0. The SMILES string of the molecule is CCCCCCCCCCCCOC(=O)CO.[Tl]. The summed E-state index contributed by atoms with van der Waals surface area (Å²) in [6.07, 6.45) is 12.7. The number of carbonyl (C=O) groups excluding carboxylic acids is 1. The zero-order valence-corrected chi connectivity index (χ0v) is 16.3. The average molecular weight is 449 g/mol. The van der Waals surface area contributed by atoms with E-state index < -0.39 is 12.6 Å². The van der Waals surface area contributed by atoms with Gasteiger partial charge in [0.15, 0.2) is 0 Å². The minimum atomic E-state index is -0.513. The summed E-state index contributed by atoms with van der Waals surface area (Å²) in [6, 6.07) is 0. The zero-order valence-electron chi connectivity index (χ0n) is 11.8. The van der Waals surface area contributed by atoms with Gasteiger partial charge in [0, 0.05) is 27.3 Å². The Hall–Kier alpha value is 0.352. The number of unbranched alkanes of at least 4 members (excludes halogenated alkanes) is 9. The van der Waals surface area contributed by atoms with E-state index in [2.05, 4.69) is 6.92 Å². The number of aliphatic hydroxyl groups excluding tert-OH is 1. The zero-order chi connectivity index (χ0) is 12.8. The largest absolute Gasteiger partial charge is 0.464 e. The standard InChI is InChI=1S/C14H28O3.Tl/c1-2-3-4-5-6-7-8-9-10-11-12-17-14(16)13-15;/h15H,2-13H2,1H3;. The number of carbonyl (C=O) groups is 1. The van der Waals surface area contributed by atoms with Crippen LogP contribution in [0, 0.1) is 0 Å². The normalized spacial score (nSPS) is 9.89. The van der Waals surface area contributed by atoms with Crippen LogP contribution in [0.1, 0.15) is 71.1 Å². The minimum Gasteiger partial charge on any atom is -0.464 e. The summed E-state index contributed by atoms with van der Waals surface area (Å²) < 4.78 is 4.77. The summed E-state index contributed by atoms with van der Waals surface area (Å²) in [5, 5.41) is 8.42. The first-order valence-electron chi connectivity index (χ1n) is 7.07. The molecule has 0 rings (SSSR count). The van der Waals surface area contributed by atoms with Gasteiger partial charge in [0.25, 0.3) is 0 Å². The third kappa shape index (κ3) is 16.4. The molecular formula is C14H28O3Tl. The van der Waals surface area contributed by atoms with Crippen LogP contribution in [0.25, 0.3) is 0 Å². The Morgan fingerprint density at radius 2 is 1.33 bits per heavy atom. The van der Waals surface area contributed by atoms with Crippen LogP contribution >= 0.6 is 0 Å². The molecule has 18 heavy (non-hydrogen) atoms. The first-order chi connectivity index (χ1) is 8.31. The number of ether oxygens (including phenoxy) is 1. The molecule has 1 N–H and O–H groups in total. The third-order valence-electron chi connectivity index (χ3n) is 2.89. The quantitative estimate of drug-likeness (QED) is 0.284. The molecule has 105 valence electrons. The van der Waals surface area contributed by atoms with Crippen LogP contribution in [0.4, 0.5) is 0 Å². The molecule has 0 heterocycles. The number of esters is 1. The number of aliphatic hydroxyl groups is 1. The van der Waals surface area contributed by atoms with Crippen LogP contribution in [0.5, 0.6) is 0 Å². The Bertz CT molecular complexity index is 174. The number of hydrogen-bond donors (Lipinski definition) is 1. The van der Waals surface area contributed by atoms with Crippen molar-refractivity contribution in [2.24, 2.45) is 0 Å². The molecule has 0 aliphatic rings. The van der Waals surface area contributed by atoms with Crippen LogP contribution in [-0.2, 0) is 9.53 Å². The van der Waals surface area contributed by atoms with Crippen molar-refractivity contribution in [3.05, 3.63) is 0 Å². The molecule has 0 amide bonds. The molecule has 0 aromatic heterocycles. The molecule has 0 aliphatic carbocycles. The van der Waals surface area contributed by atoms with Gasteiger partial charge >= 0.3 is 5.97 Å². The van der Waals surface area contributed by atoms with Crippen molar-refractivity contribution in [1.82, 2.24) is 0 Å². The number of hydrogen-bond acceptors (Lipinski definition) is 3. The molecule has 0 unspecified atom stereocenters. The van der Waals surface area contributed by atoms with Crippen molar-refractivity contribution in [3.63, 3.8) is 0 Å². The predicted molar refractivity (Wildman–Crippen MR) is 75.6 cm³/mol. The van der Waals surface area contributed by atoms with E-state index in [9.17, 15) is 4.79 Å². The second kappa shape index (κ2) is 17.4. The number of rotatable bonds is 12. The molecule has 0 aliphatic heterocycles. The van der Waals surface area contributed by atoms with Crippen molar-refractivity contribution in [2.45, 2.75) is 71.1 Å². The van der Waals surface area contributed by atoms with Crippen LogP contribution in [0.15, 0.2) is 0 Å². The van der Waals surface area contributed by atoms with Crippen molar-refractivity contribution >= 4 is 33.3 Å². The summed E-state index contributed by atoms with van der Waals surface area (Å²) in [5.41, 5.74) is 0. The fourth-order valence-electron chi connectivity index (χ4n) is 1.82. The van der Waals surface area contributed by atoms with E-state index in [0.717, 1.165) is 12.8 Å². The Morgan fingerprint density at radius 3 is 1.78 bits per heavy atom. The van der Waals surface area contributed by atoms with E-state index in [-0.39, 0.29) is 27.3 Å². The van der Waals surface area contributed by atoms with Crippen molar-refractivity contribution in [2.75, 3.05) is 13.2 Å². The van der Waals surface area contributed by atoms with E-state index in [4.69, 9.17) is 9.84 Å². The monoisotopic (exact) mass is 449 g/mol. The van der Waals surface area contributed by atoms with Crippen LogP contribution in [0.3, 0.4) is 0 Å². The maximum absolute atomic E-state index is 10.6. The molecular weight excluding hydrogens is 421 g/mol. The van der Waals surface area contributed by atoms with Crippen molar-refractivity contribution < 1.29 is 14.6 Å². The fourth-order valence-corrected chi connectivity index (χ4v) is 1.82. The van der Waals surface area contributed by atoms with Crippen molar-refractivity contribution in [1.29, 1.82) is 0 Å².